The van der Waals surface area contributed by atoms with Gasteiger partial charge >= 0.3 is 0 Å². The number of hydrogen-bond donors (Lipinski definition) is 1. The van der Waals surface area contributed by atoms with Crippen molar-refractivity contribution in [2.24, 2.45) is 0 Å². The zero-order chi connectivity index (χ0) is 21.9. The third kappa shape index (κ3) is 3.99. The number of aromatic nitrogens is 1. The summed E-state index contributed by atoms with van der Waals surface area (Å²) in [5.74, 6) is 0.291. The van der Waals surface area contributed by atoms with E-state index in [0.29, 0.717) is 13.0 Å². The molecule has 5 rings (SSSR count). The van der Waals surface area contributed by atoms with Crippen molar-refractivity contribution in [3.8, 4) is 0 Å². The smallest absolute Gasteiger partial charge is 0.223 e. The number of nitrogens with one attached hydrogen (secondary N) is 1. The van der Waals surface area contributed by atoms with Crippen LogP contribution in [-0.2, 0) is 4.79 Å². The van der Waals surface area contributed by atoms with Crippen molar-refractivity contribution >= 4 is 22.4 Å². The number of hydrogen-bond acceptors (Lipinski definition) is 1. The zero-order valence-corrected chi connectivity index (χ0v) is 18.4. The minimum atomic E-state index is 0.0758. The van der Waals surface area contributed by atoms with Crippen LogP contribution in [0.15, 0.2) is 91.1 Å². The van der Waals surface area contributed by atoms with Crippen LogP contribution < -0.4 is 0 Å². The summed E-state index contributed by atoms with van der Waals surface area (Å²) in [6.45, 7) is 3.57. The number of para-hydroxylation sites is 1. The molecule has 1 aromatic heterocycles. The third-order valence-electron chi connectivity index (χ3n) is 6.61. The molecular formula is C29H28N2O. The van der Waals surface area contributed by atoms with Gasteiger partial charge in [0.05, 0.1) is 0 Å². The molecule has 0 fully saturated rings. The van der Waals surface area contributed by atoms with Gasteiger partial charge in [-0.1, -0.05) is 84.9 Å². The number of amides is 1. The monoisotopic (exact) mass is 420 g/mol. The highest BCUT2D eigenvalue weighted by molar-refractivity contribution is 5.94. The van der Waals surface area contributed by atoms with Crippen LogP contribution in [0, 0.1) is 6.92 Å². The summed E-state index contributed by atoms with van der Waals surface area (Å²) in [5, 5.41) is 1.27. The first-order valence-electron chi connectivity index (χ1n) is 11.3. The molecule has 3 heteroatoms. The molecule has 0 radical (unpaired) electrons. The van der Waals surface area contributed by atoms with Gasteiger partial charge < -0.3 is 9.88 Å². The SMILES string of the molecule is Cc1cccc2c(C3=CCN(C(=O)CC(c4ccccc4)c4ccccc4)CC3)c[nH]c12. The quantitative estimate of drug-likeness (QED) is 0.403. The van der Waals surface area contributed by atoms with Gasteiger partial charge in [-0.15, -0.1) is 0 Å². The van der Waals surface area contributed by atoms with Crippen LogP contribution in [0.4, 0.5) is 0 Å². The molecule has 0 bridgehead atoms. The van der Waals surface area contributed by atoms with E-state index in [1.165, 1.54) is 38.7 Å². The first kappa shape index (κ1) is 20.3. The van der Waals surface area contributed by atoms with Crippen molar-refractivity contribution in [1.29, 1.82) is 0 Å². The average molecular weight is 421 g/mol. The number of carbonyl (C=O) groups excluding carboxylic acids is 1. The number of nitrogens with zero attached hydrogens (tertiary/aromatic N) is 1. The number of rotatable bonds is 5. The second kappa shape index (κ2) is 8.88. The van der Waals surface area contributed by atoms with E-state index in [1.54, 1.807) is 0 Å². The molecule has 0 aliphatic carbocycles. The Morgan fingerprint density at radius 3 is 2.25 bits per heavy atom. The standard InChI is InChI=1S/C29H28N2O/c1-21-9-8-14-25-27(20-30-29(21)25)24-15-17-31(18-16-24)28(32)19-26(22-10-4-2-5-11-22)23-12-6-3-7-13-23/h2-15,20,26,30H,16-19H2,1H3. The number of benzene rings is 3. The maximum atomic E-state index is 13.3. The highest BCUT2D eigenvalue weighted by Gasteiger charge is 2.24. The molecule has 0 saturated carbocycles. The molecule has 0 saturated heterocycles. The number of H-pyrrole nitrogens is 1. The summed E-state index contributed by atoms with van der Waals surface area (Å²) in [6, 6.07) is 27.2. The molecule has 2 heterocycles. The van der Waals surface area contributed by atoms with Gasteiger partial charge in [0.1, 0.15) is 0 Å². The Kier molecular flexibility index (Phi) is 5.64. The molecule has 1 aliphatic heterocycles. The number of fused-ring (bicyclic) bond motifs is 1. The van der Waals surface area contributed by atoms with E-state index in [0.717, 1.165) is 13.0 Å². The highest BCUT2D eigenvalue weighted by Crippen LogP contribution is 2.32. The largest absolute Gasteiger partial charge is 0.360 e. The molecular weight excluding hydrogens is 392 g/mol. The second-order valence-electron chi connectivity index (χ2n) is 8.60. The predicted octanol–water partition coefficient (Wildman–Crippen LogP) is 6.31. The van der Waals surface area contributed by atoms with Crippen LogP contribution in [0.2, 0.25) is 0 Å². The van der Waals surface area contributed by atoms with Gasteiger partial charge in [-0.2, -0.15) is 0 Å². The van der Waals surface area contributed by atoms with Crippen molar-refractivity contribution in [3.05, 3.63) is 113 Å². The summed E-state index contributed by atoms with van der Waals surface area (Å²) < 4.78 is 0. The lowest BCUT2D eigenvalue weighted by atomic mass is 9.88. The maximum absolute atomic E-state index is 13.3. The Balaban J connectivity index is 1.34. The van der Waals surface area contributed by atoms with Gasteiger partial charge in [0.25, 0.3) is 0 Å². The molecule has 0 unspecified atom stereocenters. The number of carbonyl (C=O) groups is 1. The van der Waals surface area contributed by atoms with Gasteiger partial charge in [-0.3, -0.25) is 4.79 Å². The van der Waals surface area contributed by atoms with Crippen molar-refractivity contribution in [1.82, 2.24) is 9.88 Å². The van der Waals surface area contributed by atoms with E-state index in [2.05, 4.69) is 90.9 Å². The van der Waals surface area contributed by atoms with E-state index in [4.69, 9.17) is 0 Å². The topological polar surface area (TPSA) is 36.1 Å². The van der Waals surface area contributed by atoms with Gasteiger partial charge in [-0.25, -0.2) is 0 Å². The maximum Gasteiger partial charge on any atom is 0.223 e. The first-order valence-corrected chi connectivity index (χ1v) is 11.3. The van der Waals surface area contributed by atoms with E-state index >= 15 is 0 Å². The molecule has 3 nitrogen and oxygen atoms in total. The lowest BCUT2D eigenvalue weighted by molar-refractivity contribution is -0.131. The Bertz CT molecular complexity index is 1210. The second-order valence-corrected chi connectivity index (χ2v) is 8.60. The van der Waals surface area contributed by atoms with E-state index in [9.17, 15) is 4.79 Å². The van der Waals surface area contributed by atoms with Gasteiger partial charge in [0.2, 0.25) is 5.91 Å². The molecule has 160 valence electrons. The minimum Gasteiger partial charge on any atom is -0.360 e. The van der Waals surface area contributed by atoms with Crippen molar-refractivity contribution in [3.63, 3.8) is 0 Å². The molecule has 0 spiro atoms. The molecule has 1 aliphatic rings. The van der Waals surface area contributed by atoms with Gasteiger partial charge in [0, 0.05) is 48.1 Å². The molecule has 1 amide bonds. The van der Waals surface area contributed by atoms with Gasteiger partial charge in [-0.05, 0) is 35.6 Å². The predicted molar refractivity (Wildman–Crippen MR) is 132 cm³/mol. The number of aryl methyl sites for hydroxylation is 1. The van der Waals surface area contributed by atoms with Crippen LogP contribution in [0.5, 0.6) is 0 Å². The Morgan fingerprint density at radius 2 is 1.62 bits per heavy atom. The normalized spacial score (nSPS) is 14.1. The van der Waals surface area contributed by atoms with E-state index in [1.807, 2.05) is 17.0 Å². The lowest BCUT2D eigenvalue weighted by Crippen LogP contribution is -2.35. The summed E-state index contributed by atoms with van der Waals surface area (Å²) in [4.78, 5) is 18.7. The van der Waals surface area contributed by atoms with Crippen molar-refractivity contribution in [2.75, 3.05) is 13.1 Å². The molecule has 1 N–H and O–H groups in total. The first-order chi connectivity index (χ1) is 15.7. The van der Waals surface area contributed by atoms with Gasteiger partial charge in [0.15, 0.2) is 0 Å². The molecule has 0 atom stereocenters. The summed E-state index contributed by atoms with van der Waals surface area (Å²) in [7, 11) is 0. The van der Waals surface area contributed by atoms with Crippen LogP contribution >= 0.6 is 0 Å². The Hall–Kier alpha value is -3.59. The third-order valence-corrected chi connectivity index (χ3v) is 6.61. The van der Waals surface area contributed by atoms with E-state index in [-0.39, 0.29) is 11.8 Å². The summed E-state index contributed by atoms with van der Waals surface area (Å²) in [5.41, 5.74) is 7.44. The van der Waals surface area contributed by atoms with Crippen LogP contribution in [0.3, 0.4) is 0 Å². The fourth-order valence-electron chi connectivity index (χ4n) is 4.81. The minimum absolute atomic E-state index is 0.0758. The molecule has 3 aromatic carbocycles. The summed E-state index contributed by atoms with van der Waals surface area (Å²) in [6.07, 6.45) is 5.71. The van der Waals surface area contributed by atoms with Crippen LogP contribution in [0.1, 0.15) is 41.0 Å². The van der Waals surface area contributed by atoms with Crippen LogP contribution in [0.25, 0.3) is 16.5 Å². The lowest BCUT2D eigenvalue weighted by Gasteiger charge is -2.28. The number of aromatic amines is 1. The Labute approximate surface area is 189 Å². The van der Waals surface area contributed by atoms with E-state index < -0.39 is 0 Å². The van der Waals surface area contributed by atoms with Crippen molar-refractivity contribution in [2.45, 2.75) is 25.7 Å². The average Bonchev–Trinajstić information content (AvgIpc) is 3.29. The van der Waals surface area contributed by atoms with Crippen LogP contribution in [-0.4, -0.2) is 28.9 Å². The molecule has 4 aromatic rings. The Morgan fingerprint density at radius 1 is 0.938 bits per heavy atom. The fraction of sp³-hybridized carbons (Fsp3) is 0.207. The van der Waals surface area contributed by atoms with Crippen molar-refractivity contribution < 1.29 is 4.79 Å². The molecule has 32 heavy (non-hydrogen) atoms. The summed E-state index contributed by atoms with van der Waals surface area (Å²) >= 11 is 0. The zero-order valence-electron chi connectivity index (χ0n) is 18.4. The fourth-order valence-corrected chi connectivity index (χ4v) is 4.81. The highest BCUT2D eigenvalue weighted by atomic mass is 16.2.